The molecule has 0 heterocycles. The maximum absolute atomic E-state index is 12.7. The van der Waals surface area contributed by atoms with Gasteiger partial charge in [-0.3, -0.25) is 4.21 Å². The quantitative estimate of drug-likeness (QED) is 0.809. The third-order valence-corrected chi connectivity index (χ3v) is 3.03. The molecule has 0 aliphatic heterocycles. The fourth-order valence-electron chi connectivity index (χ4n) is 1.10. The molecule has 15 heavy (non-hydrogen) atoms. The van der Waals surface area contributed by atoms with Crippen molar-refractivity contribution in [3.63, 3.8) is 0 Å². The minimum Gasteiger partial charge on any atom is -0.312 e. The normalized spacial score (nSPS) is 12.7. The molecule has 0 aromatic heterocycles. The van der Waals surface area contributed by atoms with Gasteiger partial charge in [0.15, 0.2) is 0 Å². The van der Waals surface area contributed by atoms with Gasteiger partial charge in [0.05, 0.1) is 0 Å². The molecule has 1 atom stereocenters. The first-order valence-corrected chi connectivity index (χ1v) is 6.65. The lowest BCUT2D eigenvalue weighted by Gasteiger charge is -2.05. The Morgan fingerprint density at radius 2 is 2.27 bits per heavy atom. The number of nitrogens with one attached hydrogen (secondary N) is 1. The van der Waals surface area contributed by atoms with E-state index in [2.05, 4.69) is 5.32 Å². The molecule has 1 aromatic rings. The third kappa shape index (κ3) is 4.73. The summed E-state index contributed by atoms with van der Waals surface area (Å²) in [5.74, 6) is 0.275. The van der Waals surface area contributed by atoms with E-state index in [0.717, 1.165) is 5.56 Å². The first-order valence-electron chi connectivity index (χ1n) is 4.54. The average molecular weight is 250 g/mol. The van der Waals surface area contributed by atoms with Gasteiger partial charge in [0.25, 0.3) is 0 Å². The van der Waals surface area contributed by atoms with Crippen LogP contribution in [0.25, 0.3) is 0 Å². The van der Waals surface area contributed by atoms with Gasteiger partial charge in [0.2, 0.25) is 0 Å². The standard InChI is InChI=1S/C10H13ClFNOS/c1-15(14)5-4-13-7-8-2-3-9(12)6-10(8)11/h2-3,6,13H,4-5,7H2,1H3. The average Bonchev–Trinajstić information content (AvgIpc) is 2.14. The zero-order valence-electron chi connectivity index (χ0n) is 8.43. The first-order chi connectivity index (χ1) is 7.09. The van der Waals surface area contributed by atoms with Crippen LogP contribution < -0.4 is 5.32 Å². The largest absolute Gasteiger partial charge is 0.312 e. The van der Waals surface area contributed by atoms with Gasteiger partial charge >= 0.3 is 0 Å². The van der Waals surface area contributed by atoms with Crippen molar-refractivity contribution in [2.24, 2.45) is 0 Å². The fourth-order valence-corrected chi connectivity index (χ4v) is 1.77. The maximum atomic E-state index is 12.7. The van der Waals surface area contributed by atoms with E-state index in [1.165, 1.54) is 12.1 Å². The molecule has 5 heteroatoms. The second-order valence-electron chi connectivity index (χ2n) is 3.19. The molecular weight excluding hydrogens is 237 g/mol. The van der Waals surface area contributed by atoms with Gasteiger partial charge < -0.3 is 5.32 Å². The highest BCUT2D eigenvalue weighted by Gasteiger charge is 2.01. The zero-order valence-corrected chi connectivity index (χ0v) is 10.00. The lowest BCUT2D eigenvalue weighted by Crippen LogP contribution is -2.19. The van der Waals surface area contributed by atoms with Crippen LogP contribution in [0, 0.1) is 5.82 Å². The molecule has 1 N–H and O–H groups in total. The monoisotopic (exact) mass is 249 g/mol. The molecule has 0 bridgehead atoms. The zero-order chi connectivity index (χ0) is 11.3. The van der Waals surface area contributed by atoms with E-state index in [9.17, 15) is 8.60 Å². The molecule has 2 nitrogen and oxygen atoms in total. The number of benzene rings is 1. The Morgan fingerprint density at radius 3 is 2.87 bits per heavy atom. The highest BCUT2D eigenvalue weighted by Crippen LogP contribution is 2.16. The van der Waals surface area contributed by atoms with Crippen LogP contribution >= 0.6 is 11.6 Å². The molecule has 0 amide bonds. The van der Waals surface area contributed by atoms with Crippen molar-refractivity contribution >= 4 is 22.4 Å². The van der Waals surface area contributed by atoms with Crippen LogP contribution in [0.3, 0.4) is 0 Å². The van der Waals surface area contributed by atoms with Crippen molar-refractivity contribution in [2.75, 3.05) is 18.6 Å². The minimum absolute atomic E-state index is 0.335. The van der Waals surface area contributed by atoms with Crippen molar-refractivity contribution < 1.29 is 8.60 Å². The highest BCUT2D eigenvalue weighted by molar-refractivity contribution is 7.84. The topological polar surface area (TPSA) is 29.1 Å². The summed E-state index contributed by atoms with van der Waals surface area (Å²) < 4.78 is 23.5. The highest BCUT2D eigenvalue weighted by atomic mass is 35.5. The van der Waals surface area contributed by atoms with Crippen LogP contribution in [0.1, 0.15) is 5.56 Å². The van der Waals surface area contributed by atoms with Crippen molar-refractivity contribution in [2.45, 2.75) is 6.54 Å². The molecule has 0 fully saturated rings. The summed E-state index contributed by atoms with van der Waals surface area (Å²) in [7, 11) is -0.788. The first kappa shape index (κ1) is 12.6. The van der Waals surface area contributed by atoms with Crippen LogP contribution in [-0.4, -0.2) is 22.8 Å². The second kappa shape index (κ2) is 6.20. The smallest absolute Gasteiger partial charge is 0.124 e. The second-order valence-corrected chi connectivity index (χ2v) is 5.15. The molecule has 84 valence electrons. The summed E-state index contributed by atoms with van der Waals surface area (Å²) in [4.78, 5) is 0. The van der Waals surface area contributed by atoms with E-state index >= 15 is 0 Å². The molecule has 1 unspecified atom stereocenters. The summed E-state index contributed by atoms with van der Waals surface area (Å²) in [5.41, 5.74) is 0.847. The van der Waals surface area contributed by atoms with E-state index < -0.39 is 10.8 Å². The molecule has 0 spiro atoms. The van der Waals surface area contributed by atoms with E-state index in [1.807, 2.05) is 0 Å². The summed E-state index contributed by atoms with van der Waals surface area (Å²) in [6.07, 6.45) is 1.66. The number of halogens is 2. The molecule has 0 aliphatic carbocycles. The van der Waals surface area contributed by atoms with Gasteiger partial charge in [-0.05, 0) is 17.7 Å². The Morgan fingerprint density at radius 1 is 1.53 bits per heavy atom. The fraction of sp³-hybridized carbons (Fsp3) is 0.400. The Labute approximate surface area is 96.3 Å². The van der Waals surface area contributed by atoms with E-state index in [-0.39, 0.29) is 5.82 Å². The van der Waals surface area contributed by atoms with Crippen LogP contribution in [0.15, 0.2) is 18.2 Å². The lowest BCUT2D eigenvalue weighted by molar-refractivity contribution is 0.625. The molecule has 0 saturated heterocycles. The molecule has 1 aromatic carbocycles. The van der Waals surface area contributed by atoms with E-state index in [1.54, 1.807) is 12.3 Å². The van der Waals surface area contributed by atoms with Crippen molar-refractivity contribution in [1.82, 2.24) is 5.32 Å². The van der Waals surface area contributed by atoms with Gasteiger partial charge in [0.1, 0.15) is 5.82 Å². The Bertz CT molecular complexity index is 359. The van der Waals surface area contributed by atoms with Crippen LogP contribution in [0.5, 0.6) is 0 Å². The Kier molecular flexibility index (Phi) is 5.22. The van der Waals surface area contributed by atoms with Crippen LogP contribution in [0.2, 0.25) is 5.02 Å². The Balaban J connectivity index is 2.40. The van der Waals surface area contributed by atoms with Crippen LogP contribution in [0.4, 0.5) is 4.39 Å². The number of hydrogen-bond acceptors (Lipinski definition) is 2. The number of hydrogen-bond donors (Lipinski definition) is 1. The predicted molar refractivity (Wildman–Crippen MR) is 62.1 cm³/mol. The molecule has 0 radical (unpaired) electrons. The molecule has 1 rings (SSSR count). The predicted octanol–water partition coefficient (Wildman–Crippen LogP) is 1.95. The summed E-state index contributed by atoms with van der Waals surface area (Å²) in [6.45, 7) is 1.23. The summed E-state index contributed by atoms with van der Waals surface area (Å²) >= 11 is 5.83. The Hall–Kier alpha value is -0.450. The van der Waals surface area contributed by atoms with Crippen molar-refractivity contribution in [3.05, 3.63) is 34.6 Å². The molecule has 0 aliphatic rings. The lowest BCUT2D eigenvalue weighted by atomic mass is 10.2. The minimum atomic E-state index is -0.788. The number of rotatable bonds is 5. The SMILES string of the molecule is CS(=O)CCNCc1ccc(F)cc1Cl. The van der Waals surface area contributed by atoms with Gasteiger partial charge in [0, 0.05) is 40.9 Å². The van der Waals surface area contributed by atoms with Gasteiger partial charge in [-0.1, -0.05) is 17.7 Å². The maximum Gasteiger partial charge on any atom is 0.124 e. The van der Waals surface area contributed by atoms with E-state index in [4.69, 9.17) is 11.6 Å². The summed E-state index contributed by atoms with van der Waals surface area (Å²) in [5, 5.41) is 3.51. The third-order valence-electron chi connectivity index (χ3n) is 1.90. The van der Waals surface area contributed by atoms with Gasteiger partial charge in [-0.2, -0.15) is 0 Å². The van der Waals surface area contributed by atoms with Crippen molar-refractivity contribution in [3.8, 4) is 0 Å². The van der Waals surface area contributed by atoms with Crippen molar-refractivity contribution in [1.29, 1.82) is 0 Å². The molecule has 0 saturated carbocycles. The van der Waals surface area contributed by atoms with Gasteiger partial charge in [-0.25, -0.2) is 4.39 Å². The van der Waals surface area contributed by atoms with Crippen LogP contribution in [-0.2, 0) is 17.3 Å². The van der Waals surface area contributed by atoms with Gasteiger partial charge in [-0.15, -0.1) is 0 Å². The molecular formula is C10H13ClFNOS. The van der Waals surface area contributed by atoms with E-state index in [0.29, 0.717) is 23.9 Å². The summed E-state index contributed by atoms with van der Waals surface area (Å²) in [6, 6.07) is 4.31.